The summed E-state index contributed by atoms with van der Waals surface area (Å²) < 4.78 is 0. The van der Waals surface area contributed by atoms with E-state index in [0.29, 0.717) is 23.8 Å². The van der Waals surface area contributed by atoms with E-state index in [2.05, 4.69) is 6.92 Å². The number of phenols is 2. The molecule has 2 N–H and O–H groups in total. The van der Waals surface area contributed by atoms with Crippen molar-refractivity contribution in [2.24, 2.45) is 0 Å². The minimum Gasteiger partial charge on any atom is -0.507 e. The number of unbranched alkanes of at least 4 members (excludes halogenated alkanes) is 2. The monoisotopic (exact) mass is 310 g/mol. The van der Waals surface area contributed by atoms with Crippen molar-refractivity contribution >= 4 is 17.9 Å². The lowest BCUT2D eigenvalue weighted by Crippen LogP contribution is -1.96. The van der Waals surface area contributed by atoms with Gasteiger partial charge in [0.15, 0.2) is 6.29 Å². The van der Waals surface area contributed by atoms with Gasteiger partial charge in [0.25, 0.3) is 0 Å². The highest BCUT2D eigenvalue weighted by molar-refractivity contribution is 6.33. The second-order valence-corrected chi connectivity index (χ2v) is 5.74. The first-order valence-electron chi connectivity index (χ1n) is 7.27. The fourth-order valence-electron chi connectivity index (χ4n) is 2.25. The predicted octanol–water partition coefficient (Wildman–Crippen LogP) is 4.94. The van der Waals surface area contributed by atoms with Crippen molar-refractivity contribution in [2.45, 2.75) is 52.9 Å². The van der Waals surface area contributed by atoms with Crippen LogP contribution >= 0.6 is 11.6 Å². The number of carbonyl (C=O) groups is 1. The van der Waals surface area contributed by atoms with Crippen molar-refractivity contribution in [3.05, 3.63) is 33.4 Å². The molecule has 0 unspecified atom stereocenters. The summed E-state index contributed by atoms with van der Waals surface area (Å²) in [5, 5.41) is 20.3. The summed E-state index contributed by atoms with van der Waals surface area (Å²) in [4.78, 5) is 11.1. The maximum atomic E-state index is 11.1. The molecule has 1 rings (SSSR count). The Bertz CT molecular complexity index is 548. The molecule has 0 aliphatic heterocycles. The van der Waals surface area contributed by atoms with Gasteiger partial charge < -0.3 is 10.2 Å². The molecule has 0 heterocycles. The van der Waals surface area contributed by atoms with Crippen molar-refractivity contribution in [1.29, 1.82) is 0 Å². The average Bonchev–Trinajstić information content (AvgIpc) is 2.46. The lowest BCUT2D eigenvalue weighted by atomic mass is 9.99. The third kappa shape index (κ3) is 4.24. The Kier molecular flexibility index (Phi) is 6.76. The number of aldehydes is 1. The zero-order valence-electron chi connectivity index (χ0n) is 12.9. The van der Waals surface area contributed by atoms with Crippen LogP contribution in [0.4, 0.5) is 0 Å². The quantitative estimate of drug-likeness (QED) is 0.426. The minimum absolute atomic E-state index is 0.127. The van der Waals surface area contributed by atoms with Crippen LogP contribution < -0.4 is 0 Å². The summed E-state index contributed by atoms with van der Waals surface area (Å²) in [5.41, 5.74) is 2.05. The number of carbonyl (C=O) groups excluding carboxylic acids is 1. The standard InChI is InChI=1S/C17H23ClO3/c1-4-5-6-7-11(2)8-9-13-16(20)14(10-19)12(3)15(18)17(13)21/h8,10,20-21H,4-7,9H2,1-3H3/b11-8+. The summed E-state index contributed by atoms with van der Waals surface area (Å²) in [7, 11) is 0. The second-order valence-electron chi connectivity index (χ2n) is 5.36. The zero-order valence-corrected chi connectivity index (χ0v) is 13.6. The van der Waals surface area contributed by atoms with Crippen molar-refractivity contribution in [1.82, 2.24) is 0 Å². The van der Waals surface area contributed by atoms with Crippen LogP contribution in [0.15, 0.2) is 11.6 Å². The molecule has 0 aliphatic rings. The first kappa shape index (κ1) is 17.6. The minimum atomic E-state index is -0.179. The van der Waals surface area contributed by atoms with E-state index in [0.717, 1.165) is 12.8 Å². The van der Waals surface area contributed by atoms with Gasteiger partial charge in [-0.1, -0.05) is 43.0 Å². The Labute approximate surface area is 131 Å². The van der Waals surface area contributed by atoms with Gasteiger partial charge in [0.1, 0.15) is 11.5 Å². The molecular weight excluding hydrogens is 288 g/mol. The zero-order chi connectivity index (χ0) is 16.0. The van der Waals surface area contributed by atoms with Gasteiger partial charge in [-0.05, 0) is 38.7 Å². The molecular formula is C17H23ClO3. The van der Waals surface area contributed by atoms with E-state index in [9.17, 15) is 15.0 Å². The number of allylic oxidation sites excluding steroid dienone is 2. The molecule has 4 heteroatoms. The van der Waals surface area contributed by atoms with E-state index < -0.39 is 0 Å². The number of hydrogen-bond donors (Lipinski definition) is 2. The number of hydrogen-bond acceptors (Lipinski definition) is 3. The molecule has 21 heavy (non-hydrogen) atoms. The van der Waals surface area contributed by atoms with Gasteiger partial charge in [-0.15, -0.1) is 0 Å². The molecule has 0 radical (unpaired) electrons. The smallest absolute Gasteiger partial charge is 0.154 e. The number of phenolic OH excluding ortho intramolecular Hbond substituents is 2. The Morgan fingerprint density at radius 1 is 1.24 bits per heavy atom. The summed E-state index contributed by atoms with van der Waals surface area (Å²) in [6.07, 6.45) is 7.37. The lowest BCUT2D eigenvalue weighted by Gasteiger charge is -2.13. The third-order valence-corrected chi connectivity index (χ3v) is 4.18. The van der Waals surface area contributed by atoms with Crippen molar-refractivity contribution in [3.8, 4) is 11.5 Å². The van der Waals surface area contributed by atoms with Gasteiger partial charge in [0, 0.05) is 5.56 Å². The first-order valence-corrected chi connectivity index (χ1v) is 7.65. The van der Waals surface area contributed by atoms with Crippen LogP contribution in [-0.2, 0) is 6.42 Å². The van der Waals surface area contributed by atoms with E-state index in [4.69, 9.17) is 11.6 Å². The van der Waals surface area contributed by atoms with Crippen LogP contribution in [-0.4, -0.2) is 16.5 Å². The molecule has 0 bridgehead atoms. The van der Waals surface area contributed by atoms with E-state index in [1.54, 1.807) is 6.92 Å². The van der Waals surface area contributed by atoms with Crippen LogP contribution in [0.1, 0.15) is 61.0 Å². The molecule has 1 aromatic rings. The highest BCUT2D eigenvalue weighted by Crippen LogP contribution is 2.40. The number of halogens is 1. The molecule has 3 nitrogen and oxygen atoms in total. The van der Waals surface area contributed by atoms with E-state index >= 15 is 0 Å². The van der Waals surface area contributed by atoms with Crippen LogP contribution in [0.3, 0.4) is 0 Å². The molecule has 0 spiro atoms. The lowest BCUT2D eigenvalue weighted by molar-refractivity contribution is 0.112. The van der Waals surface area contributed by atoms with Crippen LogP contribution in [0.25, 0.3) is 0 Å². The normalized spacial score (nSPS) is 11.7. The van der Waals surface area contributed by atoms with Gasteiger partial charge >= 0.3 is 0 Å². The fourth-order valence-corrected chi connectivity index (χ4v) is 2.47. The molecule has 0 saturated carbocycles. The van der Waals surface area contributed by atoms with Crippen molar-refractivity contribution in [3.63, 3.8) is 0 Å². The second kappa shape index (κ2) is 8.08. The Hall–Kier alpha value is -1.48. The number of benzene rings is 1. The maximum Gasteiger partial charge on any atom is 0.154 e. The SMILES string of the molecule is CCCCC/C(C)=C/Cc1c(O)c(Cl)c(C)c(C=O)c1O. The van der Waals surface area contributed by atoms with Gasteiger partial charge in [0.2, 0.25) is 0 Å². The number of aromatic hydroxyl groups is 2. The highest BCUT2D eigenvalue weighted by atomic mass is 35.5. The van der Waals surface area contributed by atoms with Crippen molar-refractivity contribution in [2.75, 3.05) is 0 Å². The van der Waals surface area contributed by atoms with Crippen molar-refractivity contribution < 1.29 is 15.0 Å². The Morgan fingerprint density at radius 2 is 1.90 bits per heavy atom. The van der Waals surface area contributed by atoms with Gasteiger partial charge in [-0.2, -0.15) is 0 Å². The molecule has 0 aliphatic carbocycles. The summed E-state index contributed by atoms with van der Waals surface area (Å²) in [6.45, 7) is 5.78. The molecule has 0 fully saturated rings. The Morgan fingerprint density at radius 3 is 2.48 bits per heavy atom. The largest absolute Gasteiger partial charge is 0.507 e. The van der Waals surface area contributed by atoms with Crippen LogP contribution in [0, 0.1) is 6.92 Å². The first-order chi connectivity index (χ1) is 9.93. The van der Waals surface area contributed by atoms with Gasteiger partial charge in [0.05, 0.1) is 10.6 Å². The summed E-state index contributed by atoms with van der Waals surface area (Å²) >= 11 is 6.02. The molecule has 0 atom stereocenters. The number of rotatable bonds is 7. The van der Waals surface area contributed by atoms with Gasteiger partial charge in [-0.3, -0.25) is 4.79 Å². The van der Waals surface area contributed by atoms with Gasteiger partial charge in [-0.25, -0.2) is 0 Å². The average molecular weight is 311 g/mol. The molecule has 0 aromatic heterocycles. The van der Waals surface area contributed by atoms with Crippen LogP contribution in [0.5, 0.6) is 11.5 Å². The highest BCUT2D eigenvalue weighted by Gasteiger charge is 2.19. The predicted molar refractivity (Wildman–Crippen MR) is 86.5 cm³/mol. The Balaban J connectivity index is 3.01. The summed E-state index contributed by atoms with van der Waals surface area (Å²) in [6, 6.07) is 0. The molecule has 1 aromatic carbocycles. The van der Waals surface area contributed by atoms with Crippen LogP contribution in [0.2, 0.25) is 5.02 Å². The van der Waals surface area contributed by atoms with E-state index in [1.165, 1.54) is 18.4 Å². The molecule has 116 valence electrons. The molecule has 0 saturated heterocycles. The van der Waals surface area contributed by atoms with E-state index in [-0.39, 0.29) is 22.1 Å². The maximum absolute atomic E-state index is 11.1. The summed E-state index contributed by atoms with van der Waals surface area (Å²) in [5.74, 6) is -0.322. The molecule has 0 amide bonds. The van der Waals surface area contributed by atoms with E-state index in [1.807, 2.05) is 13.0 Å². The third-order valence-electron chi connectivity index (χ3n) is 3.72. The topological polar surface area (TPSA) is 57.5 Å². The fraction of sp³-hybridized carbons (Fsp3) is 0.471.